The number of hydrogen-bond acceptors (Lipinski definition) is 3. The van der Waals surface area contributed by atoms with Crippen LogP contribution in [0, 0.1) is 18.2 Å². The lowest BCUT2D eigenvalue weighted by atomic mass is 9.99. The number of rotatable bonds is 3. The summed E-state index contributed by atoms with van der Waals surface area (Å²) in [6.07, 6.45) is 8.45. The van der Waals surface area contributed by atoms with Gasteiger partial charge in [-0.25, -0.2) is 13.3 Å². The number of nitrogens with zero attached hydrogens (tertiary/aromatic N) is 4. The van der Waals surface area contributed by atoms with E-state index >= 15 is 0 Å². The van der Waals surface area contributed by atoms with Crippen LogP contribution in [0.4, 0.5) is 8.78 Å². The van der Waals surface area contributed by atoms with Crippen LogP contribution in [0.1, 0.15) is 12.6 Å². The fourth-order valence-electron chi connectivity index (χ4n) is 3.42. The Morgan fingerprint density at radius 3 is 2.72 bits per heavy atom. The Labute approximate surface area is 169 Å². The Morgan fingerprint density at radius 1 is 1.38 bits per heavy atom. The van der Waals surface area contributed by atoms with Gasteiger partial charge in [0.05, 0.1) is 18.1 Å². The van der Waals surface area contributed by atoms with Crippen molar-refractivity contribution < 1.29 is 13.6 Å². The van der Waals surface area contributed by atoms with Gasteiger partial charge < -0.3 is 9.47 Å². The van der Waals surface area contributed by atoms with Crippen LogP contribution in [0.5, 0.6) is 0 Å². The van der Waals surface area contributed by atoms with Gasteiger partial charge in [0.25, 0.3) is 5.56 Å². The fraction of sp³-hybridized carbons (Fsp3) is 0.250. The molecule has 0 aliphatic carbocycles. The summed E-state index contributed by atoms with van der Waals surface area (Å²) in [5.41, 5.74) is -0.835. The first-order valence-corrected chi connectivity index (χ1v) is 9.08. The molecule has 148 valence electrons. The molecule has 0 spiro atoms. The van der Waals surface area contributed by atoms with Crippen LogP contribution in [-0.2, 0) is 11.3 Å². The van der Waals surface area contributed by atoms with Gasteiger partial charge in [0.2, 0.25) is 5.91 Å². The number of aromatic nitrogens is 3. The van der Waals surface area contributed by atoms with Crippen molar-refractivity contribution in [3.05, 3.63) is 57.5 Å². The minimum absolute atomic E-state index is 0.00389. The Kier molecular flexibility index (Phi) is 4.43. The summed E-state index contributed by atoms with van der Waals surface area (Å²) in [6, 6.07) is 3.98. The summed E-state index contributed by atoms with van der Waals surface area (Å²) >= 11 is 5.88. The molecule has 0 N–H and O–H groups in total. The third-order valence-corrected chi connectivity index (χ3v) is 5.10. The first kappa shape index (κ1) is 19.2. The highest BCUT2D eigenvalue weighted by Crippen LogP contribution is 2.30. The summed E-state index contributed by atoms with van der Waals surface area (Å²) in [5, 5.41) is 4.09. The van der Waals surface area contributed by atoms with Crippen molar-refractivity contribution in [2.75, 3.05) is 13.1 Å². The van der Waals surface area contributed by atoms with E-state index in [-0.39, 0.29) is 41.8 Å². The number of amides is 1. The number of hydrogen-bond donors (Lipinski definition) is 0. The third kappa shape index (κ3) is 3.28. The van der Waals surface area contributed by atoms with Gasteiger partial charge in [-0.3, -0.25) is 9.59 Å². The molecule has 0 unspecified atom stereocenters. The van der Waals surface area contributed by atoms with Gasteiger partial charge in [0.15, 0.2) is 0 Å². The molecule has 4 rings (SSSR count). The first-order chi connectivity index (χ1) is 13.7. The number of carbonyl (C=O) groups is 1. The van der Waals surface area contributed by atoms with Gasteiger partial charge in [0, 0.05) is 18.0 Å². The second-order valence-electron chi connectivity index (χ2n) is 7.18. The van der Waals surface area contributed by atoms with E-state index in [1.54, 1.807) is 0 Å². The molecule has 0 atom stereocenters. The number of halogens is 3. The molecule has 1 fully saturated rings. The van der Waals surface area contributed by atoms with Crippen molar-refractivity contribution in [1.29, 1.82) is 0 Å². The quantitative estimate of drug-likeness (QED) is 0.616. The SMILES string of the molecule is C#Cc1nn2ccn(CC(=O)N3CC(C)(F)C3)c(=O)c2c1-c1ccc(F)c(Cl)c1. The Balaban J connectivity index is 1.79. The molecular weight excluding hydrogens is 402 g/mol. The molecule has 1 saturated heterocycles. The van der Waals surface area contributed by atoms with E-state index < -0.39 is 17.0 Å². The first-order valence-electron chi connectivity index (χ1n) is 8.71. The van der Waals surface area contributed by atoms with Crippen molar-refractivity contribution >= 4 is 23.0 Å². The number of terminal acetylenes is 1. The van der Waals surface area contributed by atoms with Crippen LogP contribution >= 0.6 is 11.6 Å². The molecule has 6 nitrogen and oxygen atoms in total. The van der Waals surface area contributed by atoms with Crippen molar-refractivity contribution in [3.63, 3.8) is 0 Å². The van der Waals surface area contributed by atoms with Crippen molar-refractivity contribution in [1.82, 2.24) is 19.1 Å². The van der Waals surface area contributed by atoms with E-state index in [0.717, 1.165) is 0 Å². The summed E-state index contributed by atoms with van der Waals surface area (Å²) < 4.78 is 29.7. The largest absolute Gasteiger partial charge is 0.335 e. The maximum Gasteiger partial charge on any atom is 0.277 e. The Morgan fingerprint density at radius 2 is 2.10 bits per heavy atom. The van der Waals surface area contributed by atoms with E-state index in [0.29, 0.717) is 11.1 Å². The maximum atomic E-state index is 13.7. The summed E-state index contributed by atoms with van der Waals surface area (Å²) in [4.78, 5) is 26.8. The molecule has 3 aromatic rings. The molecule has 1 aliphatic heterocycles. The highest BCUT2D eigenvalue weighted by Gasteiger charge is 2.41. The van der Waals surface area contributed by atoms with Crippen LogP contribution < -0.4 is 5.56 Å². The average Bonchev–Trinajstić information content (AvgIpc) is 3.03. The van der Waals surface area contributed by atoms with E-state index in [1.165, 1.54) is 51.5 Å². The van der Waals surface area contributed by atoms with Gasteiger partial charge >= 0.3 is 0 Å². The standard InChI is InChI=1S/C20H15ClF2N4O2/c1-3-15-17(12-4-5-14(22)13(21)8-12)18-19(29)25(6-7-27(18)24-15)9-16(28)26-10-20(2,23)11-26/h1,4-8H,9-11H2,2H3. The molecule has 1 amide bonds. The summed E-state index contributed by atoms with van der Waals surface area (Å²) in [5.74, 6) is 1.45. The molecule has 3 heterocycles. The highest BCUT2D eigenvalue weighted by molar-refractivity contribution is 6.31. The van der Waals surface area contributed by atoms with E-state index in [2.05, 4.69) is 11.0 Å². The van der Waals surface area contributed by atoms with Gasteiger partial charge in [-0.05, 0) is 30.5 Å². The zero-order valence-electron chi connectivity index (χ0n) is 15.3. The predicted molar refractivity (Wildman–Crippen MR) is 104 cm³/mol. The van der Waals surface area contributed by atoms with Gasteiger partial charge in [0.1, 0.15) is 29.2 Å². The third-order valence-electron chi connectivity index (χ3n) is 4.81. The van der Waals surface area contributed by atoms with Gasteiger partial charge in [-0.15, -0.1) is 6.42 Å². The fourth-order valence-corrected chi connectivity index (χ4v) is 3.60. The normalized spacial score (nSPS) is 15.2. The van der Waals surface area contributed by atoms with E-state index in [9.17, 15) is 18.4 Å². The molecule has 2 aromatic heterocycles. The lowest BCUT2D eigenvalue weighted by Gasteiger charge is -2.42. The van der Waals surface area contributed by atoms with Crippen LogP contribution in [-0.4, -0.2) is 43.7 Å². The molecule has 9 heteroatoms. The lowest BCUT2D eigenvalue weighted by Crippen LogP contribution is -2.60. The van der Waals surface area contributed by atoms with Crippen LogP contribution in [0.15, 0.2) is 35.4 Å². The molecule has 0 bridgehead atoms. The van der Waals surface area contributed by atoms with Crippen LogP contribution in [0.3, 0.4) is 0 Å². The number of carbonyl (C=O) groups excluding carboxylic acids is 1. The summed E-state index contributed by atoms with van der Waals surface area (Å²) in [6.45, 7) is 1.17. The number of fused-ring (bicyclic) bond motifs is 1. The smallest absolute Gasteiger partial charge is 0.277 e. The Hall–Kier alpha value is -3.18. The topological polar surface area (TPSA) is 59.6 Å². The molecule has 29 heavy (non-hydrogen) atoms. The van der Waals surface area contributed by atoms with E-state index in [4.69, 9.17) is 18.0 Å². The minimum Gasteiger partial charge on any atom is -0.335 e. The average molecular weight is 417 g/mol. The van der Waals surface area contributed by atoms with Crippen molar-refractivity contribution in [2.45, 2.75) is 19.1 Å². The number of benzene rings is 1. The molecule has 0 radical (unpaired) electrons. The van der Waals surface area contributed by atoms with Crippen molar-refractivity contribution in [2.24, 2.45) is 0 Å². The van der Waals surface area contributed by atoms with Gasteiger partial charge in [-0.1, -0.05) is 17.7 Å². The zero-order valence-corrected chi connectivity index (χ0v) is 16.1. The molecule has 1 aromatic carbocycles. The minimum atomic E-state index is -1.40. The molecule has 1 aliphatic rings. The van der Waals surface area contributed by atoms with Gasteiger partial charge in [-0.2, -0.15) is 5.10 Å². The summed E-state index contributed by atoms with van der Waals surface area (Å²) in [7, 11) is 0. The molecule has 0 saturated carbocycles. The second-order valence-corrected chi connectivity index (χ2v) is 7.59. The number of alkyl halides is 1. The van der Waals surface area contributed by atoms with E-state index in [1.807, 2.05) is 0 Å². The van der Waals surface area contributed by atoms with Crippen molar-refractivity contribution in [3.8, 4) is 23.5 Å². The molecular formula is C20H15ClF2N4O2. The predicted octanol–water partition coefficient (Wildman–Crippen LogP) is 2.51. The second kappa shape index (κ2) is 6.71. The van der Waals surface area contributed by atoms with Crippen LogP contribution in [0.2, 0.25) is 5.02 Å². The monoisotopic (exact) mass is 416 g/mol. The zero-order chi connectivity index (χ0) is 20.9. The van der Waals surface area contributed by atoms with Crippen LogP contribution in [0.25, 0.3) is 16.6 Å². The maximum absolute atomic E-state index is 13.7. The highest BCUT2D eigenvalue weighted by atomic mass is 35.5. The number of likely N-dealkylation sites (tertiary alicyclic amines) is 1. The lowest BCUT2D eigenvalue weighted by molar-refractivity contribution is -0.144. The Bertz CT molecular complexity index is 1250.